The molecule has 0 aliphatic heterocycles. The van der Waals surface area contributed by atoms with E-state index in [1.165, 1.54) is 28.5 Å². The first-order chi connectivity index (χ1) is 11.3. The molecule has 0 saturated carbocycles. The van der Waals surface area contributed by atoms with E-state index < -0.39 is 12.1 Å². The lowest BCUT2D eigenvalue weighted by Crippen LogP contribution is -2.17. The van der Waals surface area contributed by atoms with E-state index in [4.69, 9.17) is 12.2 Å². The fourth-order valence-electron chi connectivity index (χ4n) is 2.04. The number of benzene rings is 1. The monoisotopic (exact) mass is 375 g/mol. The summed E-state index contributed by atoms with van der Waals surface area (Å²) in [6, 6.07) is 3.67. The highest BCUT2D eigenvalue weighted by atomic mass is 32.2. The maximum atomic E-state index is 12.4. The average Bonchev–Trinajstić information content (AvgIpc) is 2.76. The van der Waals surface area contributed by atoms with Gasteiger partial charge in [0.1, 0.15) is 5.75 Å². The molecule has 0 aliphatic carbocycles. The molecule has 5 nitrogen and oxygen atoms in total. The molecular formula is C14H12F3N3O2S2. The van der Waals surface area contributed by atoms with Crippen LogP contribution in [0.3, 0.4) is 0 Å². The molecule has 128 valence electrons. The molecule has 2 rings (SSSR count). The van der Waals surface area contributed by atoms with Crippen LogP contribution in [0.15, 0.2) is 41.1 Å². The van der Waals surface area contributed by atoms with Gasteiger partial charge in [-0.3, -0.25) is 0 Å². The number of allylic oxidation sites excluding steroid dienone is 1. The van der Waals surface area contributed by atoms with Crippen LogP contribution in [0.1, 0.15) is 0 Å². The SMILES string of the molecule is C=CCn1c(O)c(N=NC(=S)SC)c2ccc(OC(F)(F)F)cc21. The Balaban J connectivity index is 2.59. The van der Waals surface area contributed by atoms with Crippen LogP contribution >= 0.6 is 24.0 Å². The maximum absolute atomic E-state index is 12.4. The van der Waals surface area contributed by atoms with Crippen molar-refractivity contribution in [3.05, 3.63) is 30.9 Å². The average molecular weight is 375 g/mol. The largest absolute Gasteiger partial charge is 0.573 e. The van der Waals surface area contributed by atoms with Crippen LogP contribution in [-0.4, -0.2) is 26.6 Å². The minimum absolute atomic E-state index is 0.113. The number of hydrogen-bond donors (Lipinski definition) is 1. The summed E-state index contributed by atoms with van der Waals surface area (Å²) in [5.41, 5.74) is 0.417. The molecule has 0 fully saturated rings. The molecule has 0 spiro atoms. The van der Waals surface area contributed by atoms with Gasteiger partial charge in [0.05, 0.1) is 5.52 Å². The quantitative estimate of drug-likeness (QED) is 0.455. The molecule has 0 amide bonds. The third-order valence-electron chi connectivity index (χ3n) is 2.93. The van der Waals surface area contributed by atoms with Gasteiger partial charge in [0.25, 0.3) is 0 Å². The fraction of sp³-hybridized carbons (Fsp3) is 0.214. The van der Waals surface area contributed by atoms with Crippen LogP contribution in [0.4, 0.5) is 18.9 Å². The van der Waals surface area contributed by atoms with Crippen molar-refractivity contribution >= 4 is 44.9 Å². The van der Waals surface area contributed by atoms with Crippen LogP contribution in [0.25, 0.3) is 10.9 Å². The van der Waals surface area contributed by atoms with Gasteiger partial charge in [0.2, 0.25) is 5.88 Å². The highest BCUT2D eigenvalue weighted by molar-refractivity contribution is 8.22. The molecule has 0 unspecified atom stereocenters. The zero-order valence-electron chi connectivity index (χ0n) is 12.4. The summed E-state index contributed by atoms with van der Waals surface area (Å²) in [5, 5.41) is 18.4. The van der Waals surface area contributed by atoms with Crippen LogP contribution < -0.4 is 4.74 Å². The number of thioether (sulfide) groups is 1. The topological polar surface area (TPSA) is 59.1 Å². The standard InChI is InChI=1S/C14H12F3N3O2S2/c1-3-6-20-10-7-8(22-14(15,16)17)4-5-9(10)11(12(20)21)18-19-13(23)24-2/h3-5,7,21H,1,6H2,2H3. The first kappa shape index (κ1) is 18.3. The lowest BCUT2D eigenvalue weighted by atomic mass is 10.2. The number of fused-ring (bicyclic) bond motifs is 1. The molecule has 0 radical (unpaired) electrons. The Bertz CT molecular complexity index is 816. The minimum atomic E-state index is -4.81. The first-order valence-electron chi connectivity index (χ1n) is 6.48. The zero-order valence-corrected chi connectivity index (χ0v) is 14.0. The number of aromatic nitrogens is 1. The van der Waals surface area contributed by atoms with Crippen LogP contribution in [-0.2, 0) is 6.54 Å². The van der Waals surface area contributed by atoms with E-state index in [-0.39, 0.29) is 22.4 Å². The lowest BCUT2D eigenvalue weighted by Gasteiger charge is -2.09. The summed E-state index contributed by atoms with van der Waals surface area (Å²) in [6.07, 6.45) is -1.59. The highest BCUT2D eigenvalue weighted by Crippen LogP contribution is 2.41. The van der Waals surface area contributed by atoms with Crippen molar-refractivity contribution in [3.8, 4) is 11.6 Å². The third kappa shape index (κ3) is 4.06. The van der Waals surface area contributed by atoms with E-state index in [2.05, 4.69) is 21.5 Å². The predicted octanol–water partition coefficient (Wildman–Crippen LogP) is 5.16. The third-order valence-corrected chi connectivity index (χ3v) is 3.95. The summed E-state index contributed by atoms with van der Waals surface area (Å²) >= 11 is 6.11. The van der Waals surface area contributed by atoms with Gasteiger partial charge in [-0.15, -0.1) is 30.0 Å². The number of hydrogen-bond acceptors (Lipinski definition) is 5. The second-order valence-electron chi connectivity index (χ2n) is 4.47. The molecule has 2 aromatic rings. The molecule has 10 heteroatoms. The first-order valence-corrected chi connectivity index (χ1v) is 8.11. The number of rotatable bonds is 4. The molecule has 1 N–H and O–H groups in total. The second kappa shape index (κ2) is 7.22. The van der Waals surface area contributed by atoms with Gasteiger partial charge in [-0.25, -0.2) is 0 Å². The molecule has 1 heterocycles. The smallest absolute Gasteiger partial charge is 0.493 e. The molecule has 0 saturated heterocycles. The normalized spacial score (nSPS) is 12.0. The Morgan fingerprint density at radius 2 is 2.21 bits per heavy atom. The zero-order chi connectivity index (χ0) is 17.9. The van der Waals surface area contributed by atoms with Gasteiger partial charge in [-0.2, -0.15) is 0 Å². The van der Waals surface area contributed by atoms with Crippen molar-refractivity contribution < 1.29 is 23.0 Å². The summed E-state index contributed by atoms with van der Waals surface area (Å²) in [4.78, 5) is 0. The molecule has 1 aromatic heterocycles. The molecule has 1 aromatic carbocycles. The van der Waals surface area contributed by atoms with Gasteiger partial charge in [0, 0.05) is 18.0 Å². The Morgan fingerprint density at radius 3 is 2.79 bits per heavy atom. The lowest BCUT2D eigenvalue weighted by molar-refractivity contribution is -0.274. The number of alkyl halides is 3. The van der Waals surface area contributed by atoms with Crippen molar-refractivity contribution in [1.82, 2.24) is 4.57 Å². The summed E-state index contributed by atoms with van der Waals surface area (Å²) in [6.45, 7) is 3.73. The van der Waals surface area contributed by atoms with Crippen molar-refractivity contribution in [2.45, 2.75) is 12.9 Å². The minimum Gasteiger partial charge on any atom is -0.493 e. The summed E-state index contributed by atoms with van der Waals surface area (Å²) < 4.78 is 42.7. The van der Waals surface area contributed by atoms with Crippen LogP contribution in [0, 0.1) is 0 Å². The summed E-state index contributed by atoms with van der Waals surface area (Å²) in [5.74, 6) is -0.650. The van der Waals surface area contributed by atoms with Gasteiger partial charge in [-0.05, 0) is 30.6 Å². The predicted molar refractivity (Wildman–Crippen MR) is 91.1 cm³/mol. The van der Waals surface area contributed by atoms with E-state index in [0.29, 0.717) is 10.9 Å². The number of nitrogens with zero attached hydrogens (tertiary/aromatic N) is 3. The van der Waals surface area contributed by atoms with Crippen molar-refractivity contribution in [3.63, 3.8) is 0 Å². The van der Waals surface area contributed by atoms with E-state index in [1.54, 1.807) is 6.26 Å². The Hall–Kier alpha value is -2.07. The molecule has 0 bridgehead atoms. The molecule has 24 heavy (non-hydrogen) atoms. The number of halogens is 3. The van der Waals surface area contributed by atoms with E-state index in [9.17, 15) is 18.3 Å². The fourth-order valence-corrected chi connectivity index (χ4v) is 2.20. The van der Waals surface area contributed by atoms with Gasteiger partial charge < -0.3 is 14.4 Å². The number of thiocarbonyl (C=S) groups is 1. The molecule has 0 atom stereocenters. The van der Waals surface area contributed by atoms with E-state index in [0.717, 1.165) is 12.1 Å². The van der Waals surface area contributed by atoms with E-state index in [1.807, 2.05) is 0 Å². The number of azo groups is 1. The van der Waals surface area contributed by atoms with Gasteiger partial charge in [0.15, 0.2) is 10.0 Å². The Labute approximate surface area is 144 Å². The van der Waals surface area contributed by atoms with E-state index >= 15 is 0 Å². The number of aromatic hydroxyl groups is 1. The Kier molecular flexibility index (Phi) is 5.50. The maximum Gasteiger partial charge on any atom is 0.573 e. The van der Waals surface area contributed by atoms with Crippen LogP contribution in [0.5, 0.6) is 11.6 Å². The molecular weight excluding hydrogens is 363 g/mol. The highest BCUT2D eigenvalue weighted by Gasteiger charge is 2.31. The van der Waals surface area contributed by atoms with Gasteiger partial charge >= 0.3 is 6.36 Å². The Morgan fingerprint density at radius 1 is 1.50 bits per heavy atom. The van der Waals surface area contributed by atoms with Crippen LogP contribution in [0.2, 0.25) is 0 Å². The van der Waals surface area contributed by atoms with Crippen molar-refractivity contribution in [2.75, 3.05) is 6.26 Å². The molecule has 0 aliphatic rings. The van der Waals surface area contributed by atoms with Gasteiger partial charge in [-0.1, -0.05) is 17.8 Å². The number of ether oxygens (including phenoxy) is 1. The second-order valence-corrected chi connectivity index (χ2v) is 5.91. The van der Waals surface area contributed by atoms with Crippen molar-refractivity contribution in [1.29, 1.82) is 0 Å². The van der Waals surface area contributed by atoms with Crippen molar-refractivity contribution in [2.24, 2.45) is 10.2 Å². The summed E-state index contributed by atoms with van der Waals surface area (Å²) in [7, 11) is 0.